The molecule has 4 saturated carbocycles. The van der Waals surface area contributed by atoms with E-state index in [0.717, 1.165) is 74.0 Å². The molecule has 0 aromatic heterocycles. The largest absolute Gasteiger partial charge is 0.347 e. The lowest BCUT2D eigenvalue weighted by Gasteiger charge is -2.61. The highest BCUT2D eigenvalue weighted by Crippen LogP contribution is 2.68. The molecular weight excluding hydrogens is 444 g/mol. The third-order valence-electron chi connectivity index (χ3n) is 12.2. The molecule has 4 heteroatoms. The fourth-order valence-electron chi connectivity index (χ4n) is 10.1. The Morgan fingerprint density at radius 1 is 0.972 bits per heavy atom. The van der Waals surface area contributed by atoms with Crippen molar-refractivity contribution in [3.05, 3.63) is 0 Å². The number of fused-ring (bicyclic) bond motifs is 5. The number of hydrogen-bond acceptors (Lipinski definition) is 3. The fourth-order valence-corrected chi connectivity index (χ4v) is 10.1. The van der Waals surface area contributed by atoms with Crippen molar-refractivity contribution >= 4 is 12.2 Å². The Kier molecular flexibility index (Phi) is 9.27. The van der Waals surface area contributed by atoms with Crippen LogP contribution in [0.4, 0.5) is 0 Å². The smallest absolute Gasteiger partial charge is 0.220 e. The van der Waals surface area contributed by atoms with E-state index in [1.54, 1.807) is 0 Å². The van der Waals surface area contributed by atoms with Gasteiger partial charge in [0.1, 0.15) is 6.29 Å². The molecule has 0 bridgehead atoms. The number of rotatable bonds is 11. The summed E-state index contributed by atoms with van der Waals surface area (Å²) in [5.41, 5.74) is 1.06. The van der Waals surface area contributed by atoms with Gasteiger partial charge in [0.15, 0.2) is 0 Å². The molecule has 4 fully saturated rings. The van der Waals surface area contributed by atoms with Crippen LogP contribution in [0.15, 0.2) is 0 Å². The van der Waals surface area contributed by atoms with Crippen LogP contribution < -0.4 is 10.6 Å². The van der Waals surface area contributed by atoms with E-state index in [4.69, 9.17) is 0 Å². The molecule has 0 aliphatic heterocycles. The van der Waals surface area contributed by atoms with Crippen LogP contribution in [0.25, 0.3) is 0 Å². The molecule has 0 heterocycles. The minimum absolute atomic E-state index is 0.0637. The molecule has 2 N–H and O–H groups in total. The SMILES string of the molecule is CNCCCCC(C=O)NC(=O)CCC(C)C1CCC2C3CCC4CC(C)CC[C@]4(C)C3CC[C@]12C. The van der Waals surface area contributed by atoms with Gasteiger partial charge in [0, 0.05) is 6.42 Å². The summed E-state index contributed by atoms with van der Waals surface area (Å²) >= 11 is 0. The molecule has 1 amide bonds. The highest BCUT2D eigenvalue weighted by atomic mass is 16.2. The van der Waals surface area contributed by atoms with Crippen LogP contribution in [-0.2, 0) is 9.59 Å². The molecule has 4 nitrogen and oxygen atoms in total. The molecule has 206 valence electrons. The van der Waals surface area contributed by atoms with E-state index < -0.39 is 0 Å². The summed E-state index contributed by atoms with van der Waals surface area (Å²) in [7, 11) is 1.95. The van der Waals surface area contributed by atoms with Crippen LogP contribution in [0.1, 0.15) is 118 Å². The van der Waals surface area contributed by atoms with Crippen molar-refractivity contribution < 1.29 is 9.59 Å². The van der Waals surface area contributed by atoms with Gasteiger partial charge in [-0.1, -0.05) is 34.1 Å². The van der Waals surface area contributed by atoms with E-state index in [1.165, 1.54) is 57.8 Å². The van der Waals surface area contributed by atoms with Gasteiger partial charge in [0.25, 0.3) is 0 Å². The molecule has 0 radical (unpaired) electrons. The first-order valence-corrected chi connectivity index (χ1v) is 15.6. The van der Waals surface area contributed by atoms with Gasteiger partial charge in [-0.15, -0.1) is 0 Å². The second kappa shape index (κ2) is 11.9. The highest BCUT2D eigenvalue weighted by molar-refractivity contribution is 5.79. The van der Waals surface area contributed by atoms with Crippen molar-refractivity contribution in [3.63, 3.8) is 0 Å². The zero-order valence-electron chi connectivity index (χ0n) is 24.1. The number of amides is 1. The maximum atomic E-state index is 12.7. The summed E-state index contributed by atoms with van der Waals surface area (Å²) in [6.07, 6.45) is 18.1. The van der Waals surface area contributed by atoms with Crippen LogP contribution in [0.2, 0.25) is 0 Å². The average molecular weight is 501 g/mol. The molecule has 4 aliphatic rings. The number of unbranched alkanes of at least 4 members (excludes halogenated alkanes) is 1. The molecule has 4 aliphatic carbocycles. The zero-order chi connectivity index (χ0) is 25.9. The van der Waals surface area contributed by atoms with Gasteiger partial charge in [-0.2, -0.15) is 0 Å². The number of carbonyl (C=O) groups is 2. The maximum absolute atomic E-state index is 12.7. The highest BCUT2D eigenvalue weighted by Gasteiger charge is 2.60. The average Bonchev–Trinajstić information content (AvgIpc) is 3.22. The number of aldehydes is 1. The first kappa shape index (κ1) is 28.1. The number of carbonyl (C=O) groups excluding carboxylic acids is 2. The third kappa shape index (κ3) is 5.59. The van der Waals surface area contributed by atoms with Crippen molar-refractivity contribution in [2.24, 2.45) is 52.3 Å². The lowest BCUT2D eigenvalue weighted by atomic mass is 9.44. The van der Waals surface area contributed by atoms with Crippen molar-refractivity contribution in [1.82, 2.24) is 10.6 Å². The van der Waals surface area contributed by atoms with Gasteiger partial charge in [0.05, 0.1) is 6.04 Å². The second-order valence-corrected chi connectivity index (χ2v) is 14.2. The van der Waals surface area contributed by atoms with Crippen molar-refractivity contribution in [2.75, 3.05) is 13.6 Å². The van der Waals surface area contributed by atoms with Crippen LogP contribution in [0.5, 0.6) is 0 Å². The lowest BCUT2D eigenvalue weighted by molar-refractivity contribution is -0.125. The Morgan fingerprint density at radius 3 is 2.47 bits per heavy atom. The standard InChI is InChI=1S/C32H56N2O2/c1-22-15-17-31(3)24(20-22)10-11-26-28-13-12-27(32(28,4)18-16-29(26)31)23(2)9-14-30(36)34-25(21-35)8-6-7-19-33-5/h21-29,33H,6-20H2,1-5H3,(H,34,36)/t22?,23?,24?,25?,26?,27?,28?,29?,31-,32+/m0/s1. The Morgan fingerprint density at radius 2 is 1.72 bits per heavy atom. The Labute approximate surface area is 221 Å². The van der Waals surface area contributed by atoms with Gasteiger partial charge < -0.3 is 15.4 Å². The summed E-state index contributed by atoms with van der Waals surface area (Å²) in [6.45, 7) is 11.2. The van der Waals surface area contributed by atoms with E-state index in [-0.39, 0.29) is 11.9 Å². The van der Waals surface area contributed by atoms with E-state index >= 15 is 0 Å². The minimum Gasteiger partial charge on any atom is -0.347 e. The predicted molar refractivity (Wildman–Crippen MR) is 149 cm³/mol. The van der Waals surface area contributed by atoms with Gasteiger partial charge in [-0.05, 0) is 143 Å². The maximum Gasteiger partial charge on any atom is 0.220 e. The van der Waals surface area contributed by atoms with Gasteiger partial charge >= 0.3 is 0 Å². The normalized spacial score (nSPS) is 41.5. The van der Waals surface area contributed by atoms with Crippen LogP contribution >= 0.6 is 0 Å². The van der Waals surface area contributed by atoms with Crippen LogP contribution in [0.3, 0.4) is 0 Å². The van der Waals surface area contributed by atoms with Gasteiger partial charge in [0.2, 0.25) is 5.91 Å². The molecular formula is C32H56N2O2. The van der Waals surface area contributed by atoms with Gasteiger partial charge in [-0.3, -0.25) is 4.79 Å². The molecule has 4 rings (SSSR count). The van der Waals surface area contributed by atoms with Crippen molar-refractivity contribution in [3.8, 4) is 0 Å². The molecule has 8 unspecified atom stereocenters. The minimum atomic E-state index is -0.326. The first-order chi connectivity index (χ1) is 17.2. The van der Waals surface area contributed by atoms with E-state index in [9.17, 15) is 9.59 Å². The molecule has 0 aromatic carbocycles. The van der Waals surface area contributed by atoms with Crippen LogP contribution in [-0.4, -0.2) is 31.8 Å². The van der Waals surface area contributed by atoms with E-state index in [0.29, 0.717) is 23.2 Å². The number of nitrogens with one attached hydrogen (secondary N) is 2. The van der Waals surface area contributed by atoms with Crippen LogP contribution in [0, 0.1) is 52.3 Å². The first-order valence-electron chi connectivity index (χ1n) is 15.6. The molecule has 0 spiro atoms. The second-order valence-electron chi connectivity index (χ2n) is 14.2. The Bertz CT molecular complexity index is 754. The summed E-state index contributed by atoms with van der Waals surface area (Å²) in [4.78, 5) is 24.1. The summed E-state index contributed by atoms with van der Waals surface area (Å²) in [6, 6.07) is -0.326. The number of hydrogen-bond donors (Lipinski definition) is 2. The predicted octanol–water partition coefficient (Wildman–Crippen LogP) is 6.77. The summed E-state index contributed by atoms with van der Waals surface area (Å²) < 4.78 is 0. The van der Waals surface area contributed by atoms with E-state index in [2.05, 4.69) is 38.3 Å². The fraction of sp³-hybridized carbons (Fsp3) is 0.938. The molecule has 10 atom stereocenters. The summed E-state index contributed by atoms with van der Waals surface area (Å²) in [5, 5.41) is 6.14. The molecule has 36 heavy (non-hydrogen) atoms. The quantitative estimate of drug-likeness (QED) is 0.243. The molecule has 0 saturated heterocycles. The zero-order valence-corrected chi connectivity index (χ0v) is 24.1. The third-order valence-corrected chi connectivity index (χ3v) is 12.2. The molecule has 0 aromatic rings. The van der Waals surface area contributed by atoms with Crippen molar-refractivity contribution in [2.45, 2.75) is 124 Å². The van der Waals surface area contributed by atoms with Crippen molar-refractivity contribution in [1.29, 1.82) is 0 Å². The summed E-state index contributed by atoms with van der Waals surface area (Å²) in [5.74, 6) is 6.08. The lowest BCUT2D eigenvalue weighted by Crippen LogP contribution is -2.53. The topological polar surface area (TPSA) is 58.2 Å². The Balaban J connectivity index is 1.30. The Hall–Kier alpha value is -0.900. The monoisotopic (exact) mass is 500 g/mol. The van der Waals surface area contributed by atoms with Gasteiger partial charge in [-0.25, -0.2) is 0 Å². The van der Waals surface area contributed by atoms with E-state index in [1.807, 2.05) is 7.05 Å².